The van der Waals surface area contributed by atoms with Gasteiger partial charge in [0, 0.05) is 34.0 Å². The van der Waals surface area contributed by atoms with Gasteiger partial charge in [0.2, 0.25) is 11.5 Å². The fourth-order valence-electron chi connectivity index (χ4n) is 6.65. The van der Waals surface area contributed by atoms with E-state index in [4.69, 9.17) is 94.7 Å². The van der Waals surface area contributed by atoms with Crippen LogP contribution in [0, 0.1) is 10.8 Å². The molecular weight excluding hydrogens is 1100 g/mol. The number of benzene rings is 1. The van der Waals surface area contributed by atoms with Crippen molar-refractivity contribution in [2.24, 2.45) is 10.8 Å². The van der Waals surface area contributed by atoms with Crippen LogP contribution < -0.4 is 14.2 Å². The Hall–Kier alpha value is -4.46. The minimum absolute atomic E-state index is 0.0894. The molecule has 0 fully saturated rings. The van der Waals surface area contributed by atoms with Crippen LogP contribution >= 0.6 is 0 Å². The highest BCUT2D eigenvalue weighted by molar-refractivity contribution is 6.04. The van der Waals surface area contributed by atoms with E-state index >= 15 is 0 Å². The van der Waals surface area contributed by atoms with Crippen LogP contribution in [0.5, 0.6) is 17.2 Å². The average Bonchev–Trinajstić information content (AvgIpc) is 3.78. The first-order valence-electron chi connectivity index (χ1n) is 28.0. The molecule has 478 valence electrons. The number of hydrogen-bond donors (Lipinski definition) is 0. The molecule has 0 aliphatic heterocycles. The van der Waals surface area contributed by atoms with Gasteiger partial charge in [-0.3, -0.25) is 19.0 Å². The van der Waals surface area contributed by atoms with Crippen molar-refractivity contribution in [3.8, 4) is 22.9 Å². The molecule has 1 aromatic heterocycles. The highest BCUT2D eigenvalue weighted by atomic mass is 16.6. The fraction of sp³-hybridized carbons (Fsp3) is 0.754. The van der Waals surface area contributed by atoms with Gasteiger partial charge in [-0.15, -0.1) is 0 Å². The standard InChI is InChI=1S/C57H96N2O24/c1-11-81-53(61)49-51(83-55(63)57(4,5)45-80-43-41-78-39-37-76-35-33-74-31-29-72-27-25-70-23-21-68-19-17-65-9)50(48(52(60)58(6)7)59(49)46-12-14-47(66-10)15-13-46)82-54(62)56(2,3)44-79-42-40-77-38-36-75-34-32-73-30-28-71-26-24-69-22-20-67-18-16-64-8/h12-15H,11,16-45H2,1-10H3. The third-order valence-electron chi connectivity index (χ3n) is 11.2. The minimum atomic E-state index is -1.36. The molecule has 0 unspecified atom stereocenters. The van der Waals surface area contributed by atoms with Crippen molar-refractivity contribution in [2.45, 2.75) is 34.6 Å². The Bertz CT molecular complexity index is 2000. The molecule has 0 saturated heterocycles. The van der Waals surface area contributed by atoms with E-state index in [0.717, 1.165) is 0 Å². The number of aromatic nitrogens is 1. The topological polar surface area (TPSA) is 261 Å². The van der Waals surface area contributed by atoms with Crippen molar-refractivity contribution in [2.75, 3.05) is 240 Å². The van der Waals surface area contributed by atoms with E-state index in [0.29, 0.717) is 164 Å². The zero-order valence-electron chi connectivity index (χ0n) is 50.9. The maximum atomic E-state index is 14.3. The van der Waals surface area contributed by atoms with Crippen LogP contribution in [0.2, 0.25) is 0 Å². The molecule has 0 radical (unpaired) electrons. The number of methoxy groups -OCH3 is 3. The van der Waals surface area contributed by atoms with Crippen LogP contribution in [0.15, 0.2) is 24.3 Å². The van der Waals surface area contributed by atoms with Crippen molar-refractivity contribution in [3.05, 3.63) is 35.7 Å². The summed E-state index contributed by atoms with van der Waals surface area (Å²) in [4.78, 5) is 58.2. The van der Waals surface area contributed by atoms with Crippen molar-refractivity contribution in [1.82, 2.24) is 9.47 Å². The first-order chi connectivity index (χ1) is 40.2. The first-order valence-corrected chi connectivity index (χ1v) is 28.0. The molecular formula is C57H96N2O24. The van der Waals surface area contributed by atoms with Gasteiger partial charge < -0.3 is 99.6 Å². The van der Waals surface area contributed by atoms with Gasteiger partial charge in [0.15, 0.2) is 11.4 Å². The van der Waals surface area contributed by atoms with Gasteiger partial charge in [-0.1, -0.05) is 0 Å². The second-order valence-electron chi connectivity index (χ2n) is 19.3. The molecule has 2 aromatic rings. The van der Waals surface area contributed by atoms with Gasteiger partial charge in [0.05, 0.1) is 223 Å². The molecule has 2 rings (SSSR count). The average molecular weight is 1190 g/mol. The number of carbonyl (C=O) groups excluding carboxylic acids is 4. The number of amides is 1. The predicted octanol–water partition coefficient (Wildman–Crippen LogP) is 3.75. The van der Waals surface area contributed by atoms with Gasteiger partial charge in [-0.25, -0.2) is 4.79 Å². The molecule has 0 N–H and O–H groups in total. The lowest BCUT2D eigenvalue weighted by atomic mass is 9.95. The molecule has 26 nitrogen and oxygen atoms in total. The molecule has 83 heavy (non-hydrogen) atoms. The first kappa shape index (κ1) is 74.6. The summed E-state index contributed by atoms with van der Waals surface area (Å²) in [7, 11) is 7.70. The highest BCUT2D eigenvalue weighted by Crippen LogP contribution is 2.43. The van der Waals surface area contributed by atoms with Gasteiger partial charge in [0.25, 0.3) is 5.91 Å². The van der Waals surface area contributed by atoms with E-state index in [1.807, 2.05) is 0 Å². The number of esters is 3. The van der Waals surface area contributed by atoms with Crippen molar-refractivity contribution in [3.63, 3.8) is 0 Å². The number of nitrogens with zero attached hydrogens (tertiary/aromatic N) is 2. The van der Waals surface area contributed by atoms with Gasteiger partial charge in [0.1, 0.15) is 5.75 Å². The quantitative estimate of drug-likeness (QED) is 0.0674. The van der Waals surface area contributed by atoms with Crippen LogP contribution in [0.3, 0.4) is 0 Å². The highest BCUT2D eigenvalue weighted by Gasteiger charge is 2.42. The molecule has 1 amide bonds. The molecule has 0 aliphatic carbocycles. The molecule has 0 saturated carbocycles. The zero-order valence-corrected chi connectivity index (χ0v) is 50.9. The third-order valence-corrected chi connectivity index (χ3v) is 11.2. The number of rotatable bonds is 55. The summed E-state index contributed by atoms with van der Waals surface area (Å²) in [5.41, 5.74) is -3.14. The molecule has 0 atom stereocenters. The normalized spacial score (nSPS) is 11.8. The number of hydrogen-bond acceptors (Lipinski definition) is 24. The predicted molar refractivity (Wildman–Crippen MR) is 300 cm³/mol. The van der Waals surface area contributed by atoms with Crippen molar-refractivity contribution in [1.29, 1.82) is 0 Å². The minimum Gasteiger partial charge on any atom is -0.497 e. The Morgan fingerprint density at radius 1 is 0.410 bits per heavy atom. The maximum absolute atomic E-state index is 14.3. The Kier molecular flexibility index (Phi) is 42.1. The second kappa shape index (κ2) is 46.8. The third kappa shape index (κ3) is 32.6. The second-order valence-corrected chi connectivity index (χ2v) is 19.3. The van der Waals surface area contributed by atoms with Crippen LogP contribution in [0.1, 0.15) is 55.6 Å². The molecule has 1 heterocycles. The summed E-state index contributed by atoms with van der Waals surface area (Å²) in [5.74, 6) is -3.94. The van der Waals surface area contributed by atoms with Crippen molar-refractivity contribution >= 4 is 23.8 Å². The van der Waals surface area contributed by atoms with Crippen LogP contribution in [-0.2, 0) is 90.1 Å². The largest absolute Gasteiger partial charge is 0.497 e. The van der Waals surface area contributed by atoms with E-state index in [1.165, 1.54) is 30.7 Å². The lowest BCUT2D eigenvalue weighted by molar-refractivity contribution is -0.150. The lowest BCUT2D eigenvalue weighted by Crippen LogP contribution is -2.36. The summed E-state index contributed by atoms with van der Waals surface area (Å²) >= 11 is 0. The number of carbonyl (C=O) groups is 4. The summed E-state index contributed by atoms with van der Waals surface area (Å²) < 4.78 is 112. The molecule has 0 aliphatic rings. The molecule has 1 aromatic carbocycles. The van der Waals surface area contributed by atoms with Gasteiger partial charge in [-0.05, 0) is 58.9 Å². The fourth-order valence-corrected chi connectivity index (χ4v) is 6.65. The van der Waals surface area contributed by atoms with E-state index < -0.39 is 46.1 Å². The summed E-state index contributed by atoms with van der Waals surface area (Å²) in [6, 6.07) is 6.38. The van der Waals surface area contributed by atoms with Crippen LogP contribution in [-0.4, -0.2) is 274 Å². The van der Waals surface area contributed by atoms with E-state index in [1.54, 1.807) is 73.1 Å². The smallest absolute Gasteiger partial charge is 0.359 e. The molecule has 0 spiro atoms. The van der Waals surface area contributed by atoms with E-state index in [9.17, 15) is 19.2 Å². The van der Waals surface area contributed by atoms with Gasteiger partial charge >= 0.3 is 17.9 Å². The molecule has 0 bridgehead atoms. The van der Waals surface area contributed by atoms with Crippen LogP contribution in [0.25, 0.3) is 5.69 Å². The monoisotopic (exact) mass is 1190 g/mol. The Morgan fingerprint density at radius 2 is 0.687 bits per heavy atom. The molecule has 26 heteroatoms. The van der Waals surface area contributed by atoms with Crippen molar-refractivity contribution < 1.29 is 114 Å². The van der Waals surface area contributed by atoms with Crippen LogP contribution in [0.4, 0.5) is 0 Å². The maximum Gasteiger partial charge on any atom is 0.359 e. The van der Waals surface area contributed by atoms with Gasteiger partial charge in [-0.2, -0.15) is 0 Å². The summed E-state index contributed by atoms with van der Waals surface area (Å²) in [5, 5.41) is 0. The zero-order chi connectivity index (χ0) is 60.8. The SMILES string of the molecule is CCOC(=O)c1c(OC(=O)C(C)(C)COCCOCCOCCOCCOCCOCCOCCOC)c(OC(=O)C(C)(C)COCCOCCOCCOCCOCCOCCOCCOC)c(C(=O)N(C)C)n1-c1ccc(OC)cc1. The Morgan fingerprint density at radius 3 is 0.952 bits per heavy atom. The lowest BCUT2D eigenvalue weighted by Gasteiger charge is -2.24. The summed E-state index contributed by atoms with van der Waals surface area (Å²) in [6.45, 7) is 18.7. The van der Waals surface area contributed by atoms with E-state index in [-0.39, 0.29) is 63.3 Å². The Balaban J connectivity index is 1.96. The number of ether oxygens (including phenoxy) is 20. The Labute approximate surface area is 490 Å². The summed E-state index contributed by atoms with van der Waals surface area (Å²) in [6.07, 6.45) is 0. The van der Waals surface area contributed by atoms with E-state index in [2.05, 4.69) is 0 Å².